The highest BCUT2D eigenvalue weighted by Gasteiger charge is 2.39. The summed E-state index contributed by atoms with van der Waals surface area (Å²) in [5, 5.41) is 8.43. The molecular weight excluding hydrogens is 380 g/mol. The van der Waals surface area contributed by atoms with Crippen LogP contribution in [-0.4, -0.2) is 46.5 Å². The molecule has 1 aromatic carbocycles. The number of aryl methyl sites for hydroxylation is 2. The number of carbonyl (C=O) groups is 2. The SMILES string of the molecule is Cc1ccc(N2CC(C(=O)N3CCC(c4nnc(C5CC5)o4)CC3)CC2=O)cc1C. The molecule has 2 aliphatic heterocycles. The first kappa shape index (κ1) is 19.3. The van der Waals surface area contributed by atoms with E-state index in [9.17, 15) is 9.59 Å². The number of likely N-dealkylation sites (tertiary alicyclic amines) is 1. The monoisotopic (exact) mass is 408 g/mol. The Labute approximate surface area is 176 Å². The molecule has 1 saturated carbocycles. The number of benzene rings is 1. The third-order valence-corrected chi connectivity index (χ3v) is 6.82. The van der Waals surface area contributed by atoms with E-state index in [1.54, 1.807) is 4.90 Å². The fourth-order valence-electron chi connectivity index (χ4n) is 4.53. The van der Waals surface area contributed by atoms with E-state index in [2.05, 4.69) is 17.1 Å². The Morgan fingerprint density at radius 1 is 1.00 bits per heavy atom. The Morgan fingerprint density at radius 3 is 2.30 bits per heavy atom. The molecule has 7 nitrogen and oxygen atoms in total. The number of amides is 2. The van der Waals surface area contributed by atoms with Crippen LogP contribution in [0.1, 0.15) is 66.8 Å². The third kappa shape index (κ3) is 3.61. The number of aromatic nitrogens is 2. The van der Waals surface area contributed by atoms with Crippen molar-refractivity contribution in [1.29, 1.82) is 0 Å². The van der Waals surface area contributed by atoms with Gasteiger partial charge in [0.15, 0.2) is 0 Å². The number of hydrogen-bond donors (Lipinski definition) is 0. The number of rotatable bonds is 4. The summed E-state index contributed by atoms with van der Waals surface area (Å²) >= 11 is 0. The molecule has 1 aromatic heterocycles. The van der Waals surface area contributed by atoms with Crippen LogP contribution in [0.5, 0.6) is 0 Å². The van der Waals surface area contributed by atoms with Gasteiger partial charge in [-0.1, -0.05) is 6.07 Å². The highest BCUT2D eigenvalue weighted by molar-refractivity contribution is 6.00. The lowest BCUT2D eigenvalue weighted by Crippen LogP contribution is -2.42. The first-order valence-corrected chi connectivity index (χ1v) is 11.0. The number of anilines is 1. The molecule has 0 radical (unpaired) electrons. The van der Waals surface area contributed by atoms with Crippen LogP contribution in [0.15, 0.2) is 22.6 Å². The molecule has 3 fully saturated rings. The molecule has 2 aromatic rings. The second-order valence-corrected chi connectivity index (χ2v) is 9.03. The van der Waals surface area contributed by atoms with Crippen molar-refractivity contribution in [1.82, 2.24) is 15.1 Å². The molecular formula is C23H28N4O3. The molecule has 0 N–H and O–H groups in total. The molecule has 5 rings (SSSR count). The van der Waals surface area contributed by atoms with Gasteiger partial charge in [-0.3, -0.25) is 9.59 Å². The summed E-state index contributed by atoms with van der Waals surface area (Å²) in [6, 6.07) is 6.04. The van der Waals surface area contributed by atoms with Crippen LogP contribution in [0.25, 0.3) is 0 Å². The average Bonchev–Trinajstić information content (AvgIpc) is 3.35. The Bertz CT molecular complexity index is 973. The van der Waals surface area contributed by atoms with Gasteiger partial charge in [-0.2, -0.15) is 0 Å². The minimum absolute atomic E-state index is 0.0324. The Balaban J connectivity index is 1.19. The molecule has 2 saturated heterocycles. The van der Waals surface area contributed by atoms with E-state index in [1.165, 1.54) is 5.56 Å². The topological polar surface area (TPSA) is 79.5 Å². The van der Waals surface area contributed by atoms with Crippen molar-refractivity contribution < 1.29 is 14.0 Å². The van der Waals surface area contributed by atoms with E-state index in [0.717, 1.165) is 48.7 Å². The van der Waals surface area contributed by atoms with Crippen LogP contribution in [0, 0.1) is 19.8 Å². The maximum atomic E-state index is 13.1. The molecule has 3 aliphatic rings. The van der Waals surface area contributed by atoms with Gasteiger partial charge in [-0.25, -0.2) is 0 Å². The summed E-state index contributed by atoms with van der Waals surface area (Å²) in [5.41, 5.74) is 3.24. The van der Waals surface area contributed by atoms with Gasteiger partial charge in [0, 0.05) is 43.6 Å². The van der Waals surface area contributed by atoms with Gasteiger partial charge < -0.3 is 14.2 Å². The largest absolute Gasteiger partial charge is 0.425 e. The molecule has 0 spiro atoms. The smallest absolute Gasteiger partial charge is 0.228 e. The van der Waals surface area contributed by atoms with E-state index in [0.29, 0.717) is 32.0 Å². The van der Waals surface area contributed by atoms with Crippen LogP contribution < -0.4 is 4.90 Å². The lowest BCUT2D eigenvalue weighted by Gasteiger charge is -2.32. The molecule has 2 amide bonds. The third-order valence-electron chi connectivity index (χ3n) is 6.82. The zero-order valence-corrected chi connectivity index (χ0v) is 17.6. The van der Waals surface area contributed by atoms with Crippen molar-refractivity contribution in [2.45, 2.75) is 57.8 Å². The second-order valence-electron chi connectivity index (χ2n) is 9.03. The van der Waals surface area contributed by atoms with E-state index in [4.69, 9.17) is 4.42 Å². The fraction of sp³-hybridized carbons (Fsp3) is 0.565. The average molecular weight is 409 g/mol. The second kappa shape index (κ2) is 7.52. The summed E-state index contributed by atoms with van der Waals surface area (Å²) < 4.78 is 5.86. The molecule has 7 heteroatoms. The first-order chi connectivity index (χ1) is 14.5. The maximum Gasteiger partial charge on any atom is 0.228 e. The standard InChI is InChI=1S/C23H28N4O3/c1-14-3-6-19(11-15(14)2)27-13-18(12-20(27)28)23(29)26-9-7-17(8-10-26)22-25-24-21(30-22)16-4-5-16/h3,6,11,16-18H,4-5,7-10,12-13H2,1-2H3. The number of nitrogens with zero attached hydrogens (tertiary/aromatic N) is 4. The predicted molar refractivity (Wildman–Crippen MR) is 111 cm³/mol. The molecule has 1 unspecified atom stereocenters. The Hall–Kier alpha value is -2.70. The molecule has 30 heavy (non-hydrogen) atoms. The van der Waals surface area contributed by atoms with Crippen molar-refractivity contribution >= 4 is 17.5 Å². The minimum Gasteiger partial charge on any atom is -0.425 e. The van der Waals surface area contributed by atoms with Gasteiger partial charge in [0.1, 0.15) is 0 Å². The lowest BCUT2D eigenvalue weighted by atomic mass is 9.95. The predicted octanol–water partition coefficient (Wildman–Crippen LogP) is 3.32. The van der Waals surface area contributed by atoms with Gasteiger partial charge in [-0.05, 0) is 62.8 Å². The minimum atomic E-state index is -0.263. The summed E-state index contributed by atoms with van der Waals surface area (Å²) in [4.78, 5) is 29.4. The van der Waals surface area contributed by atoms with Gasteiger partial charge >= 0.3 is 0 Å². The summed E-state index contributed by atoms with van der Waals surface area (Å²) in [5.74, 6) is 2.06. The maximum absolute atomic E-state index is 13.1. The van der Waals surface area contributed by atoms with Crippen molar-refractivity contribution in [3.8, 4) is 0 Å². The van der Waals surface area contributed by atoms with Gasteiger partial charge in [0.05, 0.1) is 5.92 Å². The highest BCUT2D eigenvalue weighted by Crippen LogP contribution is 2.40. The van der Waals surface area contributed by atoms with Crippen LogP contribution in [0.2, 0.25) is 0 Å². The first-order valence-electron chi connectivity index (χ1n) is 11.0. The Kier molecular flexibility index (Phi) is 4.83. The number of carbonyl (C=O) groups excluding carboxylic acids is 2. The summed E-state index contributed by atoms with van der Waals surface area (Å²) in [6.45, 7) is 5.93. The van der Waals surface area contributed by atoms with Crippen LogP contribution in [0.3, 0.4) is 0 Å². The molecule has 1 atom stereocenters. The van der Waals surface area contributed by atoms with Crippen LogP contribution in [0.4, 0.5) is 5.69 Å². The number of hydrogen-bond acceptors (Lipinski definition) is 5. The van der Waals surface area contributed by atoms with E-state index < -0.39 is 0 Å². The van der Waals surface area contributed by atoms with Gasteiger partial charge in [-0.15, -0.1) is 10.2 Å². The zero-order chi connectivity index (χ0) is 20.8. The van der Waals surface area contributed by atoms with E-state index in [1.807, 2.05) is 30.0 Å². The Morgan fingerprint density at radius 2 is 1.67 bits per heavy atom. The fourth-order valence-corrected chi connectivity index (χ4v) is 4.53. The highest BCUT2D eigenvalue weighted by atomic mass is 16.4. The van der Waals surface area contributed by atoms with Crippen LogP contribution >= 0.6 is 0 Å². The lowest BCUT2D eigenvalue weighted by molar-refractivity contribution is -0.136. The van der Waals surface area contributed by atoms with Crippen molar-refractivity contribution in [2.24, 2.45) is 5.92 Å². The van der Waals surface area contributed by atoms with E-state index >= 15 is 0 Å². The van der Waals surface area contributed by atoms with Crippen molar-refractivity contribution in [2.75, 3.05) is 24.5 Å². The van der Waals surface area contributed by atoms with Gasteiger partial charge in [0.2, 0.25) is 23.6 Å². The molecule has 3 heterocycles. The molecule has 158 valence electrons. The van der Waals surface area contributed by atoms with Crippen LogP contribution in [-0.2, 0) is 9.59 Å². The zero-order valence-electron chi connectivity index (χ0n) is 17.6. The van der Waals surface area contributed by atoms with Crippen molar-refractivity contribution in [3.63, 3.8) is 0 Å². The summed E-state index contributed by atoms with van der Waals surface area (Å²) in [6.07, 6.45) is 4.25. The molecule has 1 aliphatic carbocycles. The summed E-state index contributed by atoms with van der Waals surface area (Å²) in [7, 11) is 0. The quantitative estimate of drug-likeness (QED) is 0.775. The van der Waals surface area contributed by atoms with Gasteiger partial charge in [0.25, 0.3) is 0 Å². The molecule has 0 bridgehead atoms. The number of piperidine rings is 1. The normalized spacial score (nSPS) is 22.7. The van der Waals surface area contributed by atoms with E-state index in [-0.39, 0.29) is 23.7 Å². The van der Waals surface area contributed by atoms with Crippen molar-refractivity contribution in [3.05, 3.63) is 41.1 Å².